The fourth-order valence-electron chi connectivity index (χ4n) is 5.58. The maximum Gasteiger partial charge on any atom is 0.306 e. The number of hydrogen-bond acceptors (Lipinski definition) is 11. The van der Waals surface area contributed by atoms with Crippen LogP contribution in [0.3, 0.4) is 0 Å². The average molecular weight is 716 g/mol. The van der Waals surface area contributed by atoms with Crippen LogP contribution in [0.15, 0.2) is 67.0 Å². The highest BCUT2D eigenvalue weighted by Gasteiger charge is 2.26. The summed E-state index contributed by atoms with van der Waals surface area (Å²) in [5.74, 6) is -0.516. The van der Waals surface area contributed by atoms with Crippen LogP contribution in [0.4, 0.5) is 0 Å². The number of hydroxylamine groups is 1. The van der Waals surface area contributed by atoms with Crippen LogP contribution in [0.5, 0.6) is 11.5 Å². The van der Waals surface area contributed by atoms with E-state index < -0.39 is 29.7 Å². The van der Waals surface area contributed by atoms with E-state index in [0.29, 0.717) is 65.1 Å². The molecule has 1 aliphatic rings. The zero-order valence-electron chi connectivity index (χ0n) is 30.0. The number of fused-ring (bicyclic) bond motifs is 1. The van der Waals surface area contributed by atoms with Gasteiger partial charge in [0.1, 0.15) is 22.6 Å². The molecule has 5 rings (SSSR count). The lowest BCUT2D eigenvalue weighted by molar-refractivity contribution is -0.603. The number of aromatic nitrogens is 2. The van der Waals surface area contributed by atoms with Gasteiger partial charge in [0.2, 0.25) is 0 Å². The van der Waals surface area contributed by atoms with Crippen molar-refractivity contribution in [2.75, 3.05) is 26.9 Å². The van der Waals surface area contributed by atoms with Crippen molar-refractivity contribution in [3.8, 4) is 33.9 Å². The summed E-state index contributed by atoms with van der Waals surface area (Å²) in [4.78, 5) is 47.5. The van der Waals surface area contributed by atoms with Gasteiger partial charge in [-0.05, 0) is 69.7 Å². The van der Waals surface area contributed by atoms with Gasteiger partial charge in [-0.2, -0.15) is 4.73 Å². The number of rotatable bonds is 15. The molecule has 0 radical (unpaired) electrons. The number of esters is 2. The molecule has 0 spiro atoms. The average Bonchev–Trinajstić information content (AvgIpc) is 3.13. The topological polar surface area (TPSA) is 158 Å². The van der Waals surface area contributed by atoms with Crippen LogP contribution in [0.1, 0.15) is 76.1 Å². The van der Waals surface area contributed by atoms with E-state index in [9.17, 15) is 19.6 Å². The first kappa shape index (κ1) is 38.0. The molecule has 1 atom stereocenters. The molecule has 1 amide bonds. The summed E-state index contributed by atoms with van der Waals surface area (Å²) in [5.41, 5.74) is 5.53. The molecule has 276 valence electrons. The molecule has 13 nitrogen and oxygen atoms in total. The molecular weight excluding hydrogens is 670 g/mol. The Morgan fingerprint density at radius 3 is 2.27 bits per heavy atom. The standard InChI is InChI=1S/C39H45N3O10/c1-39(2,3)51-33(44)19-18-32(43)49-23-8-7-22-48-29-16-14-27(15-17-29)26-10-12-28(13-11-26)36-37(47-4)35(30-25-42(46)21-20-31(30)40-36)38(45)41-52-34-9-5-6-24-50-34/h10-17,20-21,25,34H,5-9,18-19,22-24H2,1-4H3,(H,41,45). The maximum atomic E-state index is 13.5. The number of carbonyl (C=O) groups is 3. The second-order valence-corrected chi connectivity index (χ2v) is 13.3. The fraction of sp³-hybridized carbons (Fsp3) is 0.410. The van der Waals surface area contributed by atoms with Gasteiger partial charge in [-0.25, -0.2) is 15.3 Å². The van der Waals surface area contributed by atoms with Gasteiger partial charge >= 0.3 is 11.9 Å². The Morgan fingerprint density at radius 1 is 0.923 bits per heavy atom. The lowest BCUT2D eigenvalue weighted by Gasteiger charge is -2.22. The third-order valence-corrected chi connectivity index (χ3v) is 8.08. The van der Waals surface area contributed by atoms with E-state index in [1.54, 1.807) is 26.8 Å². The summed E-state index contributed by atoms with van der Waals surface area (Å²) in [7, 11) is 1.45. The van der Waals surface area contributed by atoms with Gasteiger partial charge in [-0.15, -0.1) is 0 Å². The summed E-state index contributed by atoms with van der Waals surface area (Å²) < 4.78 is 28.2. The number of benzene rings is 2. The predicted octanol–water partition coefficient (Wildman–Crippen LogP) is 6.22. The van der Waals surface area contributed by atoms with Crippen molar-refractivity contribution < 1.29 is 47.6 Å². The Kier molecular flexibility index (Phi) is 13.0. The maximum absolute atomic E-state index is 13.5. The first-order chi connectivity index (χ1) is 25.0. The van der Waals surface area contributed by atoms with E-state index in [-0.39, 0.29) is 30.8 Å². The van der Waals surface area contributed by atoms with Crippen LogP contribution in [0, 0.1) is 5.21 Å². The molecule has 0 aliphatic carbocycles. The molecular formula is C39H45N3O10. The van der Waals surface area contributed by atoms with Gasteiger partial charge in [0.05, 0.1) is 44.1 Å². The molecule has 13 heteroatoms. The minimum atomic E-state index is -0.583. The summed E-state index contributed by atoms with van der Waals surface area (Å²) in [6.45, 7) is 6.61. The largest absolute Gasteiger partial charge is 0.619 e. The first-order valence-corrected chi connectivity index (χ1v) is 17.4. The lowest BCUT2D eigenvalue weighted by Crippen LogP contribution is -2.34. The molecule has 1 unspecified atom stereocenters. The smallest absolute Gasteiger partial charge is 0.306 e. The van der Waals surface area contributed by atoms with E-state index in [1.165, 1.54) is 19.5 Å². The summed E-state index contributed by atoms with van der Waals surface area (Å²) in [5, 5.41) is 12.5. The second-order valence-electron chi connectivity index (χ2n) is 13.3. The minimum absolute atomic E-state index is 0.00564. The number of hydrogen-bond donors (Lipinski definition) is 1. The van der Waals surface area contributed by atoms with Gasteiger partial charge in [-0.1, -0.05) is 36.4 Å². The van der Waals surface area contributed by atoms with Gasteiger partial charge in [0.25, 0.3) is 5.91 Å². The molecule has 1 N–H and O–H groups in total. The molecule has 0 saturated carbocycles. The molecule has 1 fully saturated rings. The van der Waals surface area contributed by atoms with Crippen molar-refractivity contribution in [1.29, 1.82) is 0 Å². The quantitative estimate of drug-likeness (QED) is 0.0490. The van der Waals surface area contributed by atoms with E-state index >= 15 is 0 Å². The van der Waals surface area contributed by atoms with Gasteiger partial charge in [0.15, 0.2) is 24.4 Å². The SMILES string of the molecule is COc1c(-c2ccc(-c3ccc(OCCCCOC(=O)CCC(=O)OC(C)(C)C)cc3)cc2)nc2cc[n+]([O-])cc2c1C(=O)NOC1CCCCO1. The van der Waals surface area contributed by atoms with Crippen LogP contribution in [0.2, 0.25) is 0 Å². The Labute approximate surface area is 302 Å². The third-order valence-electron chi connectivity index (χ3n) is 8.08. The van der Waals surface area contributed by atoms with E-state index in [4.69, 9.17) is 33.5 Å². The lowest BCUT2D eigenvalue weighted by atomic mass is 10.00. The first-order valence-electron chi connectivity index (χ1n) is 17.4. The van der Waals surface area contributed by atoms with Crippen molar-refractivity contribution in [3.05, 3.63) is 77.8 Å². The molecule has 52 heavy (non-hydrogen) atoms. The monoisotopic (exact) mass is 715 g/mol. The predicted molar refractivity (Wildman–Crippen MR) is 191 cm³/mol. The van der Waals surface area contributed by atoms with Crippen LogP contribution >= 0.6 is 0 Å². The highest BCUT2D eigenvalue weighted by Crippen LogP contribution is 2.37. The highest BCUT2D eigenvalue weighted by atomic mass is 16.8. The number of amides is 1. The Bertz CT molecular complexity index is 1830. The van der Waals surface area contributed by atoms with Crippen LogP contribution < -0.4 is 19.7 Å². The molecule has 3 heterocycles. The van der Waals surface area contributed by atoms with Crippen molar-refractivity contribution >= 4 is 28.7 Å². The number of methoxy groups -OCH3 is 1. The van der Waals surface area contributed by atoms with Crippen LogP contribution in [-0.4, -0.2) is 61.7 Å². The van der Waals surface area contributed by atoms with E-state index in [2.05, 4.69) is 5.48 Å². The number of ether oxygens (including phenoxy) is 5. The Morgan fingerprint density at radius 2 is 1.60 bits per heavy atom. The number of unbranched alkanes of at least 4 members (excludes halogenated alkanes) is 1. The summed E-state index contributed by atoms with van der Waals surface area (Å²) in [6, 6.07) is 16.9. The zero-order valence-corrected chi connectivity index (χ0v) is 30.0. The molecule has 1 aliphatic heterocycles. The number of carbonyl (C=O) groups excluding carboxylic acids is 3. The van der Waals surface area contributed by atoms with E-state index in [1.807, 2.05) is 48.5 Å². The molecule has 4 aromatic rings. The molecule has 2 aromatic carbocycles. The number of pyridine rings is 2. The Balaban J connectivity index is 1.17. The summed E-state index contributed by atoms with van der Waals surface area (Å²) in [6.07, 6.45) is 5.89. The van der Waals surface area contributed by atoms with Crippen molar-refractivity contribution in [2.24, 2.45) is 0 Å². The molecule has 2 aromatic heterocycles. The number of nitrogens with one attached hydrogen (secondary N) is 1. The second kappa shape index (κ2) is 17.8. The third kappa shape index (κ3) is 10.6. The Hall–Kier alpha value is -5.27. The zero-order chi connectivity index (χ0) is 37.1. The van der Waals surface area contributed by atoms with E-state index in [0.717, 1.165) is 24.0 Å². The van der Waals surface area contributed by atoms with Crippen molar-refractivity contribution in [2.45, 2.75) is 77.6 Å². The van der Waals surface area contributed by atoms with Gasteiger partial charge in [0, 0.05) is 24.7 Å². The van der Waals surface area contributed by atoms with Gasteiger partial charge < -0.3 is 28.9 Å². The minimum Gasteiger partial charge on any atom is -0.619 e. The highest BCUT2D eigenvalue weighted by molar-refractivity contribution is 6.09. The molecule has 0 bridgehead atoms. The van der Waals surface area contributed by atoms with Crippen molar-refractivity contribution in [1.82, 2.24) is 10.5 Å². The number of nitrogens with zero attached hydrogens (tertiary/aromatic N) is 2. The fourth-order valence-corrected chi connectivity index (χ4v) is 5.58. The summed E-state index contributed by atoms with van der Waals surface area (Å²) >= 11 is 0. The van der Waals surface area contributed by atoms with Crippen LogP contribution in [0.25, 0.3) is 33.3 Å². The normalized spacial score (nSPS) is 14.4. The van der Waals surface area contributed by atoms with Crippen molar-refractivity contribution in [3.63, 3.8) is 0 Å². The van der Waals surface area contributed by atoms with Gasteiger partial charge in [-0.3, -0.25) is 14.4 Å². The molecule has 1 saturated heterocycles. The van der Waals surface area contributed by atoms with Crippen LogP contribution in [-0.2, 0) is 28.6 Å².